The van der Waals surface area contributed by atoms with E-state index in [1.807, 2.05) is 0 Å². The Morgan fingerprint density at radius 2 is 1.17 bits per heavy atom. The van der Waals surface area contributed by atoms with Crippen LogP contribution < -0.4 is 14.2 Å². The fourth-order valence-electron chi connectivity index (χ4n) is 6.53. The number of pyridine rings is 2. The highest BCUT2D eigenvalue weighted by atomic mass is 35.5. The minimum atomic E-state index is -5.16. The van der Waals surface area contributed by atoms with Crippen LogP contribution in [0.3, 0.4) is 0 Å². The lowest BCUT2D eigenvalue weighted by molar-refractivity contribution is -0.274. The number of aromatic nitrogens is 2. The van der Waals surface area contributed by atoms with Gasteiger partial charge in [0, 0.05) is 51.6 Å². The second-order valence-electron chi connectivity index (χ2n) is 13.1. The number of ether oxygens (including phenoxy) is 3. The molecule has 0 saturated carbocycles. The number of aromatic carboxylic acids is 1. The number of rotatable bonds is 14. The van der Waals surface area contributed by atoms with Gasteiger partial charge in [0.2, 0.25) is 0 Å². The lowest BCUT2D eigenvalue weighted by Crippen LogP contribution is -2.46. The van der Waals surface area contributed by atoms with Crippen molar-refractivity contribution in [2.75, 3.05) is 7.11 Å². The lowest BCUT2D eigenvalue weighted by atomic mass is 9.78. The first-order valence-corrected chi connectivity index (χ1v) is 18.1. The maximum absolute atomic E-state index is 14.4. The molecule has 3 N–H and O–H groups in total. The third-order valence-corrected chi connectivity index (χ3v) is 10.7. The smallest absolute Gasteiger partial charge is 0.422 e. The van der Waals surface area contributed by atoms with E-state index in [-0.39, 0.29) is 67.9 Å². The number of methoxy groups -OCH3 is 1. The molecule has 0 aliphatic heterocycles. The van der Waals surface area contributed by atoms with Gasteiger partial charge in [-0.2, -0.15) is 26.3 Å². The Kier molecular flexibility index (Phi) is 13.1. The van der Waals surface area contributed by atoms with Crippen LogP contribution in [0.4, 0.5) is 26.3 Å². The summed E-state index contributed by atoms with van der Waals surface area (Å²) in [6.45, 7) is 1.72. The zero-order chi connectivity index (χ0) is 42.8. The summed E-state index contributed by atoms with van der Waals surface area (Å²) in [7, 11) is 1.30. The van der Waals surface area contributed by atoms with Crippen LogP contribution >= 0.6 is 34.8 Å². The number of alkyl halides is 6. The molecule has 0 bridgehead atoms. The average molecular weight is 874 g/mol. The Labute approximate surface area is 342 Å². The summed E-state index contributed by atoms with van der Waals surface area (Å²) in [6.07, 6.45) is -6.94. The molecular weight excluding hydrogens is 841 g/mol. The van der Waals surface area contributed by atoms with Crippen LogP contribution in [0, 0.1) is 0 Å². The molecule has 2 heterocycles. The van der Waals surface area contributed by atoms with Crippen LogP contribution in [-0.4, -0.2) is 50.7 Å². The maximum atomic E-state index is 14.4. The molecule has 4 atom stereocenters. The number of aliphatic hydroxyl groups is 2. The summed E-state index contributed by atoms with van der Waals surface area (Å²) in [4.78, 5) is 19.6. The quantitative estimate of drug-likeness (QED) is 0.0737. The van der Waals surface area contributed by atoms with E-state index in [0.29, 0.717) is 5.56 Å². The highest BCUT2D eigenvalue weighted by Crippen LogP contribution is 2.51. The van der Waals surface area contributed by atoms with Crippen molar-refractivity contribution in [1.29, 1.82) is 0 Å². The molecule has 4 unspecified atom stereocenters. The van der Waals surface area contributed by atoms with Crippen LogP contribution in [0.1, 0.15) is 69.4 Å². The molecule has 0 saturated heterocycles. The second kappa shape index (κ2) is 17.2. The molecule has 18 heteroatoms. The summed E-state index contributed by atoms with van der Waals surface area (Å²) in [5.74, 6) is -4.25. The number of benzene rings is 3. The van der Waals surface area contributed by atoms with Crippen molar-refractivity contribution in [2.45, 2.75) is 62.5 Å². The third-order valence-electron chi connectivity index (χ3n) is 9.81. The van der Waals surface area contributed by atoms with E-state index in [0.717, 1.165) is 49.8 Å². The Morgan fingerprint density at radius 1 is 0.690 bits per heavy atom. The SMILES string of the molecule is COc1cc(C(=O)O)c(COc2ccc(C(C)C(O)(c3ccnc(Cl)c3)C(F)(F)F)c(Cl)c2)cc1COc1ccc(C(C)C(O)(c2ccncc2)C(F)(F)F)c(Cl)c1. The van der Waals surface area contributed by atoms with E-state index in [4.69, 9.17) is 49.0 Å². The van der Waals surface area contributed by atoms with Crippen LogP contribution in [0.25, 0.3) is 0 Å². The van der Waals surface area contributed by atoms with Crippen molar-refractivity contribution < 1.29 is 60.7 Å². The topological polar surface area (TPSA) is 131 Å². The molecular formula is C40H33Cl3F6N2O7. The molecule has 58 heavy (non-hydrogen) atoms. The number of carbonyl (C=O) groups is 1. The Morgan fingerprint density at radius 3 is 1.62 bits per heavy atom. The van der Waals surface area contributed by atoms with Crippen LogP contribution in [0.15, 0.2) is 91.4 Å². The average Bonchev–Trinajstić information content (AvgIpc) is 3.17. The fourth-order valence-corrected chi connectivity index (χ4v) is 7.37. The van der Waals surface area contributed by atoms with Crippen molar-refractivity contribution in [3.8, 4) is 17.2 Å². The Balaban J connectivity index is 1.36. The van der Waals surface area contributed by atoms with E-state index < -0.39 is 52.5 Å². The third kappa shape index (κ3) is 8.78. The summed E-state index contributed by atoms with van der Waals surface area (Å²) in [6, 6.07) is 14.4. The van der Waals surface area contributed by atoms with Crippen LogP contribution in [-0.2, 0) is 24.4 Å². The standard InChI is InChI=1S/C40H33Cl3F6N2O7/c1-21(37(54,39(44,45)46)25-8-11-50-12-9-25)29-6-5-28(17-32(29)41)58-20-24-14-23(31(36(52)53)18-34(24)56-3)19-57-27-4-7-30(33(42)16-27)22(2)38(55,40(47,48)49)26-10-13-51-35(43)15-26/h4-18,21-22,54-55H,19-20H2,1-3H3,(H,52,53). The molecule has 9 nitrogen and oxygen atoms in total. The van der Waals surface area contributed by atoms with Gasteiger partial charge >= 0.3 is 18.3 Å². The highest BCUT2D eigenvalue weighted by molar-refractivity contribution is 6.32. The van der Waals surface area contributed by atoms with Gasteiger partial charge in [0.1, 0.15) is 35.6 Å². The number of carboxylic acids is 1. The van der Waals surface area contributed by atoms with Crippen molar-refractivity contribution >= 4 is 40.8 Å². The number of halogens is 9. The minimum absolute atomic E-state index is 0.0224. The fraction of sp³-hybridized carbons (Fsp3) is 0.275. The lowest BCUT2D eigenvalue weighted by Gasteiger charge is -2.37. The van der Waals surface area contributed by atoms with Gasteiger partial charge in [0.25, 0.3) is 0 Å². The highest BCUT2D eigenvalue weighted by Gasteiger charge is 2.60. The molecule has 5 aromatic rings. The first kappa shape index (κ1) is 44.3. The zero-order valence-electron chi connectivity index (χ0n) is 30.5. The van der Waals surface area contributed by atoms with Crippen molar-refractivity contribution in [3.63, 3.8) is 0 Å². The monoisotopic (exact) mass is 872 g/mol. The molecule has 0 aliphatic rings. The zero-order valence-corrected chi connectivity index (χ0v) is 32.8. The first-order chi connectivity index (χ1) is 27.1. The number of carboxylic acid groups (broad SMARTS) is 1. The van der Waals surface area contributed by atoms with Gasteiger partial charge in [-0.3, -0.25) is 4.98 Å². The van der Waals surface area contributed by atoms with Gasteiger partial charge in [-0.05, 0) is 82.9 Å². The van der Waals surface area contributed by atoms with E-state index in [1.165, 1.54) is 62.6 Å². The molecule has 3 aromatic carbocycles. The molecule has 0 spiro atoms. The van der Waals surface area contributed by atoms with E-state index in [2.05, 4.69) is 9.97 Å². The van der Waals surface area contributed by atoms with Gasteiger partial charge in [-0.15, -0.1) is 0 Å². The summed E-state index contributed by atoms with van der Waals surface area (Å²) in [5.41, 5.74) is -7.54. The summed E-state index contributed by atoms with van der Waals surface area (Å²) >= 11 is 18.7. The Hall–Kier alpha value is -4.80. The largest absolute Gasteiger partial charge is 0.496 e. The van der Waals surface area contributed by atoms with Crippen LogP contribution in [0.5, 0.6) is 17.2 Å². The normalized spacial score (nSPS) is 15.1. The predicted octanol–water partition coefficient (Wildman–Crippen LogP) is 10.4. The first-order valence-electron chi connectivity index (χ1n) is 17.0. The Bertz CT molecular complexity index is 2280. The minimum Gasteiger partial charge on any atom is -0.496 e. The van der Waals surface area contributed by atoms with Gasteiger partial charge in [0.05, 0.1) is 12.7 Å². The number of nitrogens with zero attached hydrogens (tertiary/aromatic N) is 2. The number of hydrogen-bond donors (Lipinski definition) is 3. The molecule has 0 radical (unpaired) electrons. The van der Waals surface area contributed by atoms with Crippen molar-refractivity contribution in [3.05, 3.63) is 146 Å². The molecule has 0 amide bonds. The van der Waals surface area contributed by atoms with Gasteiger partial charge in [-0.1, -0.05) is 60.8 Å². The predicted molar refractivity (Wildman–Crippen MR) is 202 cm³/mol. The van der Waals surface area contributed by atoms with E-state index >= 15 is 0 Å². The molecule has 0 fully saturated rings. The van der Waals surface area contributed by atoms with Gasteiger partial charge in [0.15, 0.2) is 11.2 Å². The van der Waals surface area contributed by atoms with Gasteiger partial charge < -0.3 is 29.5 Å². The summed E-state index contributed by atoms with van der Waals surface area (Å²) in [5, 5.41) is 31.5. The molecule has 5 rings (SSSR count). The maximum Gasteiger partial charge on any atom is 0.422 e. The number of hydrogen-bond acceptors (Lipinski definition) is 8. The second-order valence-corrected chi connectivity index (χ2v) is 14.3. The summed E-state index contributed by atoms with van der Waals surface area (Å²) < 4.78 is 103. The van der Waals surface area contributed by atoms with Gasteiger partial charge in [-0.25, -0.2) is 9.78 Å². The molecule has 0 aliphatic carbocycles. The van der Waals surface area contributed by atoms with E-state index in [1.54, 1.807) is 0 Å². The van der Waals surface area contributed by atoms with E-state index in [9.17, 15) is 46.5 Å². The van der Waals surface area contributed by atoms with Crippen molar-refractivity contribution in [1.82, 2.24) is 9.97 Å². The molecule has 308 valence electrons. The van der Waals surface area contributed by atoms with Crippen LogP contribution in [0.2, 0.25) is 15.2 Å². The van der Waals surface area contributed by atoms with Crippen molar-refractivity contribution in [2.24, 2.45) is 0 Å². The molecule has 2 aromatic heterocycles.